The number of carbonyl (C=O) groups excluding carboxylic acids is 1. The van der Waals surface area contributed by atoms with Crippen molar-refractivity contribution < 1.29 is 9.18 Å². The van der Waals surface area contributed by atoms with Gasteiger partial charge in [0.1, 0.15) is 17.5 Å². The molecule has 0 radical (unpaired) electrons. The van der Waals surface area contributed by atoms with Gasteiger partial charge in [-0.25, -0.2) is 24.0 Å². The number of nitrogen functional groups attached to an aromatic ring is 1. The molecule has 44 heavy (non-hydrogen) atoms. The Morgan fingerprint density at radius 2 is 1.95 bits per heavy atom. The van der Waals surface area contributed by atoms with Crippen molar-refractivity contribution in [2.75, 3.05) is 25.9 Å². The number of fused-ring (bicyclic) bond motifs is 2. The smallest absolute Gasteiger partial charge is 0.245 e. The Hall–Kier alpha value is -4.90. The van der Waals surface area contributed by atoms with E-state index in [1.54, 1.807) is 17.1 Å². The Labute approximate surface area is 255 Å². The third-order valence-corrected chi connectivity index (χ3v) is 8.40. The number of nitrogens with one attached hydrogen (secondary N) is 1. The lowest BCUT2D eigenvalue weighted by atomic mass is 9.94. The number of amides is 1. The fraction of sp³-hybridized carbons (Fsp3) is 0.303. The fourth-order valence-electron chi connectivity index (χ4n) is 6.10. The molecule has 1 aliphatic carbocycles. The Morgan fingerprint density at radius 3 is 2.68 bits per heavy atom. The third kappa shape index (κ3) is 5.70. The monoisotopic (exact) mass is 593 g/mol. The van der Waals surface area contributed by atoms with Crippen LogP contribution in [0.2, 0.25) is 0 Å². The summed E-state index contributed by atoms with van der Waals surface area (Å²) in [5.41, 5.74) is 11.2. The maximum atomic E-state index is 14.0. The molecule has 5 heterocycles. The lowest BCUT2D eigenvalue weighted by molar-refractivity contribution is -0.127. The minimum atomic E-state index is -0.831. The zero-order valence-corrected chi connectivity index (χ0v) is 24.9. The number of benzene rings is 1. The molecule has 7 rings (SSSR count). The standard InChI is InChI=1S/C23H18FN7.C10H18N2O/c24-16-11-14-4-5-17(13-15(14)12-16)31-22(18-3-1-8-26-21(18)25)28-19-6-7-20(29-23(19)31)30-10-2-9-27-30;1-4-10(13)12-6-5-9(11-3)8(2)7-12/h1-10,13,16H,11-12H2,(H2,25,26);4,8-9,11H,1,5-7H2,2-3H3. The van der Waals surface area contributed by atoms with Crippen molar-refractivity contribution in [1.82, 2.24) is 39.5 Å². The molecule has 10 nitrogen and oxygen atoms in total. The number of likely N-dealkylation sites (tertiary alicyclic amines) is 1. The number of carbonyl (C=O) groups is 1. The minimum Gasteiger partial charge on any atom is -0.383 e. The lowest BCUT2D eigenvalue weighted by Crippen LogP contribution is -2.48. The van der Waals surface area contributed by atoms with E-state index in [9.17, 15) is 9.18 Å². The zero-order chi connectivity index (χ0) is 30.8. The van der Waals surface area contributed by atoms with Gasteiger partial charge in [0.15, 0.2) is 17.3 Å². The van der Waals surface area contributed by atoms with Crippen molar-refractivity contribution in [1.29, 1.82) is 0 Å². The molecule has 3 unspecified atom stereocenters. The van der Waals surface area contributed by atoms with Gasteiger partial charge in [0, 0.05) is 56.3 Å². The van der Waals surface area contributed by atoms with Crippen LogP contribution in [0.25, 0.3) is 34.1 Å². The molecule has 0 spiro atoms. The molecule has 3 N–H and O–H groups in total. The molecule has 1 amide bonds. The van der Waals surface area contributed by atoms with Gasteiger partial charge < -0.3 is 16.0 Å². The van der Waals surface area contributed by atoms with Crippen LogP contribution in [-0.4, -0.2) is 72.5 Å². The van der Waals surface area contributed by atoms with Gasteiger partial charge in [-0.15, -0.1) is 0 Å². The molecule has 1 fully saturated rings. The Balaban J connectivity index is 0.000000223. The van der Waals surface area contributed by atoms with Crippen LogP contribution in [0.3, 0.4) is 0 Å². The topological polar surface area (TPSA) is 120 Å². The predicted molar refractivity (Wildman–Crippen MR) is 169 cm³/mol. The summed E-state index contributed by atoms with van der Waals surface area (Å²) < 4.78 is 17.6. The van der Waals surface area contributed by atoms with Gasteiger partial charge >= 0.3 is 0 Å². The summed E-state index contributed by atoms with van der Waals surface area (Å²) >= 11 is 0. The van der Waals surface area contributed by atoms with Crippen molar-refractivity contribution >= 4 is 22.9 Å². The molecule has 5 aromatic rings. The van der Waals surface area contributed by atoms with Crippen LogP contribution in [0, 0.1) is 5.92 Å². The van der Waals surface area contributed by atoms with Crippen LogP contribution < -0.4 is 11.1 Å². The number of pyridine rings is 2. The van der Waals surface area contributed by atoms with Gasteiger partial charge in [0.05, 0.1) is 5.56 Å². The third-order valence-electron chi connectivity index (χ3n) is 8.40. The van der Waals surface area contributed by atoms with Gasteiger partial charge in [-0.3, -0.25) is 9.36 Å². The molecule has 11 heteroatoms. The van der Waals surface area contributed by atoms with Crippen molar-refractivity contribution in [3.8, 4) is 22.9 Å². The summed E-state index contributed by atoms with van der Waals surface area (Å²) in [5.74, 6) is 2.29. The quantitative estimate of drug-likeness (QED) is 0.291. The first-order valence-corrected chi connectivity index (χ1v) is 14.8. The van der Waals surface area contributed by atoms with E-state index in [0.29, 0.717) is 53.5 Å². The maximum absolute atomic E-state index is 14.0. The van der Waals surface area contributed by atoms with E-state index in [-0.39, 0.29) is 5.91 Å². The Bertz CT molecular complexity index is 1800. The number of hydrogen-bond donors (Lipinski definition) is 2. The van der Waals surface area contributed by atoms with Crippen molar-refractivity contribution in [2.24, 2.45) is 5.92 Å². The van der Waals surface area contributed by atoms with E-state index in [1.165, 1.54) is 6.08 Å². The Kier molecular flexibility index (Phi) is 8.21. The van der Waals surface area contributed by atoms with E-state index >= 15 is 0 Å². The van der Waals surface area contributed by atoms with Crippen LogP contribution in [0.5, 0.6) is 0 Å². The molecular formula is C33H36FN9O. The number of piperidine rings is 1. The molecule has 1 aliphatic heterocycles. The molecule has 1 aromatic carbocycles. The molecule has 3 atom stereocenters. The van der Waals surface area contributed by atoms with E-state index in [4.69, 9.17) is 15.7 Å². The second-order valence-corrected chi connectivity index (χ2v) is 11.3. The summed E-state index contributed by atoms with van der Waals surface area (Å²) in [7, 11) is 1.98. The van der Waals surface area contributed by atoms with Crippen LogP contribution in [-0.2, 0) is 17.6 Å². The van der Waals surface area contributed by atoms with Crippen molar-refractivity contribution in [3.63, 3.8) is 0 Å². The summed E-state index contributed by atoms with van der Waals surface area (Å²) in [4.78, 5) is 27.1. The fourth-order valence-corrected chi connectivity index (χ4v) is 6.10. The van der Waals surface area contributed by atoms with Crippen molar-refractivity contribution in [3.05, 3.63) is 90.9 Å². The second-order valence-electron chi connectivity index (χ2n) is 11.3. The molecule has 0 bridgehead atoms. The first kappa shape index (κ1) is 29.2. The number of aromatic nitrogens is 6. The number of hydrogen-bond acceptors (Lipinski definition) is 7. The first-order valence-electron chi connectivity index (χ1n) is 14.8. The highest BCUT2D eigenvalue weighted by molar-refractivity contribution is 5.87. The van der Waals surface area contributed by atoms with Crippen LogP contribution in [0.4, 0.5) is 10.2 Å². The number of halogens is 1. The van der Waals surface area contributed by atoms with Crippen LogP contribution in [0.1, 0.15) is 24.5 Å². The number of nitrogens with two attached hydrogens (primary N) is 1. The second kappa shape index (κ2) is 12.4. The molecule has 1 saturated heterocycles. The van der Waals surface area contributed by atoms with Crippen LogP contribution >= 0.6 is 0 Å². The first-order chi connectivity index (χ1) is 21.4. The van der Waals surface area contributed by atoms with Crippen molar-refractivity contribution in [2.45, 2.75) is 38.4 Å². The highest BCUT2D eigenvalue weighted by Crippen LogP contribution is 2.33. The molecule has 226 valence electrons. The maximum Gasteiger partial charge on any atom is 0.245 e. The van der Waals surface area contributed by atoms with Gasteiger partial charge in [0.25, 0.3) is 0 Å². The van der Waals surface area contributed by atoms with E-state index < -0.39 is 6.17 Å². The summed E-state index contributed by atoms with van der Waals surface area (Å²) in [5, 5.41) is 7.55. The average molecular weight is 594 g/mol. The summed E-state index contributed by atoms with van der Waals surface area (Å²) in [6, 6.07) is 15.9. The van der Waals surface area contributed by atoms with Gasteiger partial charge in [-0.05, 0) is 79.1 Å². The molecular weight excluding hydrogens is 557 g/mol. The zero-order valence-electron chi connectivity index (χ0n) is 24.9. The van der Waals surface area contributed by atoms with Crippen LogP contribution in [0.15, 0.2) is 79.8 Å². The molecule has 4 aromatic heterocycles. The average Bonchev–Trinajstić information content (AvgIpc) is 3.78. The van der Waals surface area contributed by atoms with Gasteiger partial charge in [0.2, 0.25) is 5.91 Å². The van der Waals surface area contributed by atoms with Gasteiger partial charge in [-0.1, -0.05) is 19.6 Å². The normalized spacial score (nSPS) is 19.3. The largest absolute Gasteiger partial charge is 0.383 e. The number of nitrogens with zero attached hydrogens (tertiary/aromatic N) is 7. The number of rotatable bonds is 5. The number of imidazole rings is 1. The lowest BCUT2D eigenvalue weighted by Gasteiger charge is -2.36. The molecule has 0 saturated carbocycles. The number of anilines is 1. The molecule has 2 aliphatic rings. The minimum absolute atomic E-state index is 0.0569. The highest BCUT2D eigenvalue weighted by Gasteiger charge is 2.26. The van der Waals surface area contributed by atoms with E-state index in [2.05, 4.69) is 28.9 Å². The summed E-state index contributed by atoms with van der Waals surface area (Å²) in [6.45, 7) is 7.36. The van der Waals surface area contributed by atoms with E-state index in [0.717, 1.165) is 41.8 Å². The predicted octanol–water partition coefficient (Wildman–Crippen LogP) is 4.32. The number of alkyl halides is 1. The van der Waals surface area contributed by atoms with E-state index in [1.807, 2.05) is 71.2 Å². The Morgan fingerprint density at radius 1 is 1.11 bits per heavy atom. The highest BCUT2D eigenvalue weighted by atomic mass is 19.1. The SMILES string of the molecule is C=CC(=O)N1CCC(NC)C(C)C1.Nc1ncccc1-c1nc2ccc(-n3cccn3)nc2n1-c1ccc2c(c1)CC(F)C2. The van der Waals surface area contributed by atoms with Gasteiger partial charge in [-0.2, -0.15) is 5.10 Å². The summed E-state index contributed by atoms with van der Waals surface area (Å²) in [6.07, 6.45) is 7.68.